The molecule has 2 heterocycles. The van der Waals surface area contributed by atoms with Crippen LogP contribution < -0.4 is 5.32 Å². The molecule has 3 rings (SSSR count). The largest absolute Gasteiger partial charge is 0.476 e. The van der Waals surface area contributed by atoms with Crippen molar-refractivity contribution >= 4 is 5.97 Å². The third kappa shape index (κ3) is 3.01. The number of hydrogen-bond acceptors (Lipinski definition) is 4. The van der Waals surface area contributed by atoms with Crippen molar-refractivity contribution in [3.05, 3.63) is 52.1 Å². The summed E-state index contributed by atoms with van der Waals surface area (Å²) in [6.07, 6.45) is 0.765. The van der Waals surface area contributed by atoms with Gasteiger partial charge < -0.3 is 10.4 Å². The van der Waals surface area contributed by atoms with Gasteiger partial charge in [0.25, 0.3) is 0 Å². The maximum atomic E-state index is 13.5. The predicted molar refractivity (Wildman–Crippen MR) is 88.9 cm³/mol. The highest BCUT2D eigenvalue weighted by atomic mass is 19.1. The lowest BCUT2D eigenvalue weighted by atomic mass is 9.90. The van der Waals surface area contributed by atoms with E-state index < -0.39 is 11.8 Å². The second kappa shape index (κ2) is 6.65. The first-order valence-corrected chi connectivity index (χ1v) is 8.22. The number of nitrogens with one attached hydrogen (secondary N) is 1. The lowest BCUT2D eigenvalue weighted by molar-refractivity contribution is 0.0687. The fourth-order valence-corrected chi connectivity index (χ4v) is 3.43. The van der Waals surface area contributed by atoms with Gasteiger partial charge in [0.2, 0.25) is 0 Å². The first-order chi connectivity index (χ1) is 12.0. The fourth-order valence-electron chi connectivity index (χ4n) is 3.43. The second-order valence-corrected chi connectivity index (χ2v) is 6.31. The number of carbonyl (C=O) groups is 1. The van der Waals surface area contributed by atoms with E-state index in [1.165, 1.54) is 12.1 Å². The Kier molecular flexibility index (Phi) is 4.55. The molecule has 2 atom stereocenters. The van der Waals surface area contributed by atoms with Gasteiger partial charge in [-0.25, -0.2) is 9.18 Å². The van der Waals surface area contributed by atoms with Crippen LogP contribution in [0.15, 0.2) is 18.2 Å². The van der Waals surface area contributed by atoms with Crippen molar-refractivity contribution in [2.45, 2.75) is 38.8 Å². The molecular weight excluding hydrogens is 323 g/mol. The summed E-state index contributed by atoms with van der Waals surface area (Å²) in [4.78, 5) is 11.7. The Morgan fingerprint density at radius 3 is 2.96 bits per heavy atom. The fraction of sp³-hybridized carbons (Fsp3) is 0.389. The molecule has 0 radical (unpaired) electrons. The number of halogens is 1. The second-order valence-electron chi connectivity index (χ2n) is 6.31. The highest BCUT2D eigenvalue weighted by Crippen LogP contribution is 2.34. The van der Waals surface area contributed by atoms with E-state index in [0.717, 1.165) is 24.2 Å². The van der Waals surface area contributed by atoms with Crippen molar-refractivity contribution in [2.24, 2.45) is 0 Å². The Morgan fingerprint density at radius 1 is 1.56 bits per heavy atom. The summed E-state index contributed by atoms with van der Waals surface area (Å²) < 4.78 is 15.2. The normalized spacial score (nSPS) is 19.3. The molecular formula is C18H19FN4O2. The molecule has 6 nitrogen and oxygen atoms in total. The zero-order valence-corrected chi connectivity index (χ0v) is 14.1. The van der Waals surface area contributed by atoms with Crippen molar-refractivity contribution in [1.82, 2.24) is 15.1 Å². The van der Waals surface area contributed by atoms with Crippen molar-refractivity contribution in [2.75, 3.05) is 6.54 Å². The maximum Gasteiger partial charge on any atom is 0.356 e. The number of carboxylic acid groups (broad SMARTS) is 1. The van der Waals surface area contributed by atoms with Gasteiger partial charge in [0.15, 0.2) is 5.69 Å². The number of rotatable bonds is 4. The molecule has 0 saturated carbocycles. The summed E-state index contributed by atoms with van der Waals surface area (Å²) in [6.45, 7) is 5.06. The molecule has 2 unspecified atom stereocenters. The molecule has 0 saturated heterocycles. The van der Waals surface area contributed by atoms with E-state index in [4.69, 9.17) is 5.26 Å². The smallest absolute Gasteiger partial charge is 0.356 e. The Hall–Kier alpha value is -2.72. The maximum absolute atomic E-state index is 13.5. The van der Waals surface area contributed by atoms with Crippen molar-refractivity contribution in [1.29, 1.82) is 5.26 Å². The quantitative estimate of drug-likeness (QED) is 0.891. The van der Waals surface area contributed by atoms with Gasteiger partial charge >= 0.3 is 5.97 Å². The highest BCUT2D eigenvalue weighted by Gasteiger charge is 2.33. The third-order valence-electron chi connectivity index (χ3n) is 4.61. The standard InChI is InChI=1S/C18H19FN4O2/c1-3-14-15-16(18(24)25)22-23(17(15)10(2)8-21-14)9-11-4-5-13(19)12(6-11)7-20/h4-6,10,14,21H,3,8-9H2,1-2H3,(H,24,25). The highest BCUT2D eigenvalue weighted by molar-refractivity contribution is 5.87. The van der Waals surface area contributed by atoms with Crippen LogP contribution in [0.4, 0.5) is 4.39 Å². The topological polar surface area (TPSA) is 90.9 Å². The van der Waals surface area contributed by atoms with Crippen LogP contribution in [-0.4, -0.2) is 27.4 Å². The summed E-state index contributed by atoms with van der Waals surface area (Å²) in [5.41, 5.74) is 2.36. The van der Waals surface area contributed by atoms with Crippen LogP contribution in [0, 0.1) is 17.1 Å². The molecule has 1 aliphatic rings. The number of hydrogen-bond donors (Lipinski definition) is 2. The van der Waals surface area contributed by atoms with E-state index in [2.05, 4.69) is 10.4 Å². The van der Waals surface area contributed by atoms with Crippen molar-refractivity contribution < 1.29 is 14.3 Å². The monoisotopic (exact) mass is 342 g/mol. The van der Waals surface area contributed by atoms with Crippen LogP contribution in [0.2, 0.25) is 0 Å². The first kappa shape index (κ1) is 17.1. The summed E-state index contributed by atoms with van der Waals surface area (Å²) in [7, 11) is 0. The number of nitriles is 1. The SMILES string of the molecule is CCC1NCC(C)c2c1c(C(=O)O)nn2Cc1ccc(F)c(C#N)c1. The minimum Gasteiger partial charge on any atom is -0.476 e. The van der Waals surface area contributed by atoms with E-state index in [-0.39, 0.29) is 23.2 Å². The predicted octanol–water partition coefficient (Wildman–Crippen LogP) is 2.80. The van der Waals surface area contributed by atoms with Gasteiger partial charge in [0, 0.05) is 29.8 Å². The number of aromatic carboxylic acids is 1. The summed E-state index contributed by atoms with van der Waals surface area (Å²) in [5, 5.41) is 26.2. The van der Waals surface area contributed by atoms with Gasteiger partial charge in [-0.05, 0) is 24.1 Å². The average Bonchev–Trinajstić information content (AvgIpc) is 2.97. The molecule has 0 fully saturated rings. The molecule has 1 aliphatic heterocycles. The zero-order chi connectivity index (χ0) is 18.1. The molecule has 1 aromatic carbocycles. The summed E-state index contributed by atoms with van der Waals surface area (Å²) in [5.74, 6) is -1.51. The molecule has 1 aromatic heterocycles. The van der Waals surface area contributed by atoms with Gasteiger partial charge in [-0.15, -0.1) is 0 Å². The average molecular weight is 342 g/mol. The molecule has 0 spiro atoms. The van der Waals surface area contributed by atoms with Crippen LogP contribution in [-0.2, 0) is 6.54 Å². The number of carboxylic acids is 1. The Morgan fingerprint density at radius 2 is 2.32 bits per heavy atom. The molecule has 0 aliphatic carbocycles. The minimum atomic E-state index is -1.05. The van der Waals surface area contributed by atoms with Gasteiger partial charge in [-0.1, -0.05) is 19.9 Å². The third-order valence-corrected chi connectivity index (χ3v) is 4.61. The number of aromatic nitrogens is 2. The van der Waals surface area contributed by atoms with Crippen LogP contribution in [0.25, 0.3) is 0 Å². The Balaban J connectivity index is 2.08. The molecule has 130 valence electrons. The first-order valence-electron chi connectivity index (χ1n) is 8.22. The van der Waals surface area contributed by atoms with E-state index in [9.17, 15) is 14.3 Å². The molecule has 2 aromatic rings. The summed E-state index contributed by atoms with van der Waals surface area (Å²) in [6, 6.07) is 6.10. The van der Waals surface area contributed by atoms with Crippen LogP contribution in [0.3, 0.4) is 0 Å². The molecule has 0 bridgehead atoms. The van der Waals surface area contributed by atoms with Gasteiger partial charge in [0.1, 0.15) is 11.9 Å². The number of fused-ring (bicyclic) bond motifs is 1. The molecule has 7 heteroatoms. The Labute approximate surface area is 144 Å². The molecule has 2 N–H and O–H groups in total. The summed E-state index contributed by atoms with van der Waals surface area (Å²) >= 11 is 0. The lowest BCUT2D eigenvalue weighted by Gasteiger charge is -2.28. The molecule has 0 amide bonds. The van der Waals surface area contributed by atoms with Crippen molar-refractivity contribution in [3.8, 4) is 6.07 Å². The van der Waals surface area contributed by atoms with Crippen LogP contribution in [0.1, 0.15) is 65.1 Å². The van der Waals surface area contributed by atoms with Crippen molar-refractivity contribution in [3.63, 3.8) is 0 Å². The number of nitrogens with zero attached hydrogens (tertiary/aromatic N) is 3. The lowest BCUT2D eigenvalue weighted by Crippen LogP contribution is -2.33. The van der Waals surface area contributed by atoms with Gasteiger partial charge in [-0.2, -0.15) is 10.4 Å². The van der Waals surface area contributed by atoms with E-state index in [0.29, 0.717) is 12.1 Å². The Bertz CT molecular complexity index is 869. The minimum absolute atomic E-state index is 0.0295. The zero-order valence-electron chi connectivity index (χ0n) is 14.1. The van der Waals surface area contributed by atoms with Crippen LogP contribution in [0.5, 0.6) is 0 Å². The van der Waals surface area contributed by atoms with E-state index in [1.54, 1.807) is 10.7 Å². The van der Waals surface area contributed by atoms with Crippen LogP contribution >= 0.6 is 0 Å². The van der Waals surface area contributed by atoms with E-state index >= 15 is 0 Å². The molecule has 25 heavy (non-hydrogen) atoms. The number of benzene rings is 1. The van der Waals surface area contributed by atoms with Gasteiger partial charge in [-0.3, -0.25) is 4.68 Å². The van der Waals surface area contributed by atoms with E-state index in [1.807, 2.05) is 19.9 Å². The van der Waals surface area contributed by atoms with Gasteiger partial charge in [0.05, 0.1) is 12.1 Å².